The first-order chi connectivity index (χ1) is 9.79. The molecule has 3 aromatic heterocycles. The molecule has 0 unspecified atom stereocenters. The summed E-state index contributed by atoms with van der Waals surface area (Å²) in [7, 11) is 0. The lowest BCUT2D eigenvalue weighted by atomic mass is 10.1. The van der Waals surface area contributed by atoms with Gasteiger partial charge in [0.1, 0.15) is 5.01 Å². The van der Waals surface area contributed by atoms with Crippen molar-refractivity contribution in [2.75, 3.05) is 0 Å². The van der Waals surface area contributed by atoms with E-state index >= 15 is 0 Å². The molecule has 98 valence electrons. The zero-order chi connectivity index (χ0) is 13.5. The highest BCUT2D eigenvalue weighted by atomic mass is 32.1. The van der Waals surface area contributed by atoms with Gasteiger partial charge in [0, 0.05) is 10.9 Å². The van der Waals surface area contributed by atoms with E-state index in [0.29, 0.717) is 0 Å². The third kappa shape index (κ3) is 1.90. The molecular weight excluding hydrogens is 290 g/mol. The normalized spacial score (nSPS) is 11.2. The molecule has 20 heavy (non-hydrogen) atoms. The largest absolute Gasteiger partial charge is 0.323 e. The molecule has 0 radical (unpaired) electrons. The number of aromatic nitrogens is 3. The fraction of sp³-hybridized carbons (Fsp3) is 0. The van der Waals surface area contributed by atoms with Crippen LogP contribution in [0.25, 0.3) is 32.2 Å². The van der Waals surface area contributed by atoms with Crippen molar-refractivity contribution >= 4 is 33.7 Å². The maximum atomic E-state index is 11.3. The molecular formula is C14H9N3OS2. The van der Waals surface area contributed by atoms with Crippen molar-refractivity contribution in [3.05, 3.63) is 51.6 Å². The highest BCUT2D eigenvalue weighted by Crippen LogP contribution is 2.32. The molecule has 0 saturated carbocycles. The van der Waals surface area contributed by atoms with Gasteiger partial charge in [0.2, 0.25) is 0 Å². The summed E-state index contributed by atoms with van der Waals surface area (Å²) in [6.07, 6.45) is 0. The summed E-state index contributed by atoms with van der Waals surface area (Å²) in [4.78, 5) is 22.6. The quantitative estimate of drug-likeness (QED) is 0.593. The maximum absolute atomic E-state index is 11.3. The van der Waals surface area contributed by atoms with E-state index in [1.165, 1.54) is 4.88 Å². The van der Waals surface area contributed by atoms with Crippen LogP contribution in [0.3, 0.4) is 0 Å². The molecule has 0 bridgehead atoms. The lowest BCUT2D eigenvalue weighted by Crippen LogP contribution is -1.99. The van der Waals surface area contributed by atoms with Crippen LogP contribution in [-0.2, 0) is 0 Å². The van der Waals surface area contributed by atoms with Gasteiger partial charge in [0.25, 0.3) is 0 Å². The van der Waals surface area contributed by atoms with E-state index in [9.17, 15) is 4.79 Å². The Labute approximate surface area is 121 Å². The summed E-state index contributed by atoms with van der Waals surface area (Å²) in [6.45, 7) is 0. The minimum Gasteiger partial charge on any atom is -0.306 e. The number of thiophene rings is 1. The summed E-state index contributed by atoms with van der Waals surface area (Å²) in [5.41, 5.74) is 3.37. The van der Waals surface area contributed by atoms with Crippen LogP contribution < -0.4 is 5.69 Å². The number of fused-ring (bicyclic) bond motifs is 1. The third-order valence-corrected chi connectivity index (χ3v) is 4.93. The van der Waals surface area contributed by atoms with Gasteiger partial charge in [-0.15, -0.1) is 22.7 Å². The van der Waals surface area contributed by atoms with Crippen LogP contribution in [0, 0.1) is 0 Å². The van der Waals surface area contributed by atoms with Crippen LogP contribution in [0.4, 0.5) is 0 Å². The van der Waals surface area contributed by atoms with Gasteiger partial charge in [-0.05, 0) is 23.6 Å². The van der Waals surface area contributed by atoms with Crippen LogP contribution in [0.15, 0.2) is 45.9 Å². The Morgan fingerprint density at radius 1 is 1.05 bits per heavy atom. The van der Waals surface area contributed by atoms with Crippen molar-refractivity contribution in [3.63, 3.8) is 0 Å². The van der Waals surface area contributed by atoms with Crippen molar-refractivity contribution in [3.8, 4) is 21.1 Å². The molecule has 4 aromatic rings. The third-order valence-electron chi connectivity index (χ3n) is 3.05. The molecule has 0 fully saturated rings. The van der Waals surface area contributed by atoms with Crippen LogP contribution in [-0.4, -0.2) is 15.0 Å². The summed E-state index contributed by atoms with van der Waals surface area (Å²) in [5.74, 6) is 0. The van der Waals surface area contributed by atoms with Gasteiger partial charge in [-0.25, -0.2) is 9.78 Å². The first kappa shape index (κ1) is 11.6. The number of rotatable bonds is 2. The zero-order valence-electron chi connectivity index (χ0n) is 10.2. The van der Waals surface area contributed by atoms with E-state index in [2.05, 4.69) is 21.0 Å². The second-order valence-electron chi connectivity index (χ2n) is 4.35. The number of benzene rings is 1. The highest BCUT2D eigenvalue weighted by Gasteiger charge is 2.08. The van der Waals surface area contributed by atoms with E-state index in [0.717, 1.165) is 27.3 Å². The van der Waals surface area contributed by atoms with Crippen molar-refractivity contribution in [2.45, 2.75) is 0 Å². The van der Waals surface area contributed by atoms with Crippen molar-refractivity contribution < 1.29 is 0 Å². The van der Waals surface area contributed by atoms with Crippen molar-refractivity contribution in [1.82, 2.24) is 15.0 Å². The maximum Gasteiger partial charge on any atom is 0.323 e. The smallest absolute Gasteiger partial charge is 0.306 e. The van der Waals surface area contributed by atoms with Crippen LogP contribution in [0.2, 0.25) is 0 Å². The van der Waals surface area contributed by atoms with Crippen LogP contribution in [0.5, 0.6) is 0 Å². The lowest BCUT2D eigenvalue weighted by molar-refractivity contribution is 1.21. The van der Waals surface area contributed by atoms with Gasteiger partial charge < -0.3 is 9.97 Å². The topological polar surface area (TPSA) is 61.5 Å². The molecule has 4 nitrogen and oxygen atoms in total. The minimum absolute atomic E-state index is 0.185. The fourth-order valence-corrected chi connectivity index (χ4v) is 3.75. The Morgan fingerprint density at radius 3 is 2.80 bits per heavy atom. The van der Waals surface area contributed by atoms with Gasteiger partial charge in [-0.1, -0.05) is 12.1 Å². The standard InChI is InChI=1S/C14H9N3OS2/c18-14-16-9-4-3-8(6-10(9)17-14)11-7-20-13(15-11)12-2-1-5-19-12/h1-7H,(H2,16,17,18). The number of H-pyrrole nitrogens is 2. The number of hydrogen-bond acceptors (Lipinski definition) is 4. The Balaban J connectivity index is 1.80. The number of imidazole rings is 1. The Kier molecular flexibility index (Phi) is 2.58. The van der Waals surface area contributed by atoms with E-state index < -0.39 is 0 Å². The Bertz CT molecular complexity index is 931. The molecule has 0 spiro atoms. The van der Waals surface area contributed by atoms with E-state index in [-0.39, 0.29) is 5.69 Å². The number of thiazole rings is 1. The summed E-state index contributed by atoms with van der Waals surface area (Å²) in [6, 6.07) is 9.91. The monoisotopic (exact) mass is 299 g/mol. The molecule has 0 saturated heterocycles. The van der Waals surface area contributed by atoms with Gasteiger partial charge >= 0.3 is 5.69 Å². The summed E-state index contributed by atoms with van der Waals surface area (Å²) < 4.78 is 0. The SMILES string of the molecule is O=c1[nH]c2ccc(-c3csc(-c4cccs4)n3)cc2[nH]1. The second kappa shape index (κ2) is 4.43. The summed E-state index contributed by atoms with van der Waals surface area (Å²) >= 11 is 3.32. The zero-order valence-corrected chi connectivity index (χ0v) is 11.8. The average Bonchev–Trinajstić information content (AvgIpc) is 3.17. The average molecular weight is 299 g/mol. The number of nitrogens with zero attached hydrogens (tertiary/aromatic N) is 1. The van der Waals surface area contributed by atoms with Gasteiger partial charge in [-0.2, -0.15) is 0 Å². The summed E-state index contributed by atoms with van der Waals surface area (Å²) in [5, 5.41) is 5.12. The molecule has 0 aliphatic rings. The molecule has 3 heterocycles. The number of aromatic amines is 2. The Morgan fingerprint density at radius 2 is 1.95 bits per heavy atom. The van der Waals surface area contributed by atoms with Gasteiger partial charge in [0.05, 0.1) is 21.6 Å². The van der Waals surface area contributed by atoms with E-state index in [1.54, 1.807) is 22.7 Å². The van der Waals surface area contributed by atoms with E-state index in [1.807, 2.05) is 35.0 Å². The molecule has 4 rings (SSSR count). The first-order valence-corrected chi connectivity index (χ1v) is 7.77. The second-order valence-corrected chi connectivity index (χ2v) is 6.16. The van der Waals surface area contributed by atoms with Gasteiger partial charge in [0.15, 0.2) is 0 Å². The molecule has 0 aliphatic heterocycles. The van der Waals surface area contributed by atoms with Crippen LogP contribution in [0.1, 0.15) is 0 Å². The number of hydrogen-bond donors (Lipinski definition) is 2. The Hall–Kier alpha value is -2.18. The van der Waals surface area contributed by atoms with Crippen molar-refractivity contribution in [1.29, 1.82) is 0 Å². The van der Waals surface area contributed by atoms with E-state index in [4.69, 9.17) is 0 Å². The predicted molar refractivity (Wildman–Crippen MR) is 83.3 cm³/mol. The highest BCUT2D eigenvalue weighted by molar-refractivity contribution is 7.20. The number of nitrogens with one attached hydrogen (secondary N) is 2. The molecule has 0 amide bonds. The first-order valence-electron chi connectivity index (χ1n) is 6.01. The molecule has 6 heteroatoms. The van der Waals surface area contributed by atoms with Gasteiger partial charge in [-0.3, -0.25) is 0 Å². The molecule has 0 atom stereocenters. The van der Waals surface area contributed by atoms with Crippen molar-refractivity contribution in [2.24, 2.45) is 0 Å². The molecule has 1 aromatic carbocycles. The van der Waals surface area contributed by atoms with Crippen LogP contribution >= 0.6 is 22.7 Å². The minimum atomic E-state index is -0.185. The molecule has 2 N–H and O–H groups in total. The predicted octanol–water partition coefficient (Wildman–Crippen LogP) is 3.71. The molecule has 0 aliphatic carbocycles. The fourth-order valence-electron chi connectivity index (χ4n) is 2.11. The lowest BCUT2D eigenvalue weighted by Gasteiger charge is -1.96.